The molecule has 0 saturated heterocycles. The average molecular weight is 301 g/mol. The molecule has 0 fully saturated rings. The Bertz CT molecular complexity index is 738. The predicted molar refractivity (Wildman–Crippen MR) is 84.3 cm³/mol. The van der Waals surface area contributed by atoms with Crippen molar-refractivity contribution in [3.8, 4) is 5.75 Å². The van der Waals surface area contributed by atoms with Crippen molar-refractivity contribution in [2.75, 3.05) is 12.4 Å². The van der Waals surface area contributed by atoms with E-state index in [1.807, 2.05) is 12.1 Å². The number of hydrogen-bond donors (Lipinski definition) is 2. The number of ether oxygens (including phenoxy) is 1. The van der Waals surface area contributed by atoms with Crippen molar-refractivity contribution < 1.29 is 9.53 Å². The Morgan fingerprint density at radius 1 is 1.32 bits per heavy atom. The molecule has 0 saturated carbocycles. The summed E-state index contributed by atoms with van der Waals surface area (Å²) in [5.74, 6) is 0.996. The Kier molecular flexibility index (Phi) is 4.93. The maximum atomic E-state index is 12.0. The third kappa shape index (κ3) is 3.72. The van der Waals surface area contributed by atoms with E-state index in [0.29, 0.717) is 34.9 Å². The minimum atomic E-state index is -0.185. The van der Waals surface area contributed by atoms with Gasteiger partial charge in [0.15, 0.2) is 0 Å². The van der Waals surface area contributed by atoms with Crippen molar-refractivity contribution in [3.63, 3.8) is 0 Å². The Labute approximate surface area is 128 Å². The number of carbonyl (C=O) groups excluding carboxylic acids is 1. The van der Waals surface area contributed by atoms with Crippen molar-refractivity contribution in [1.82, 2.24) is 9.97 Å². The number of nitrogens with one attached hydrogen (secondary N) is 2. The molecule has 0 unspecified atom stereocenters. The monoisotopic (exact) mass is 301 g/mol. The highest BCUT2D eigenvalue weighted by Crippen LogP contribution is 2.23. The Morgan fingerprint density at radius 3 is 2.73 bits per heavy atom. The largest absolute Gasteiger partial charge is 0.495 e. The van der Waals surface area contributed by atoms with Gasteiger partial charge < -0.3 is 15.0 Å². The number of anilines is 1. The topological polar surface area (TPSA) is 84.1 Å². The van der Waals surface area contributed by atoms with Crippen molar-refractivity contribution in [2.24, 2.45) is 0 Å². The Balaban J connectivity index is 2.03. The molecule has 0 radical (unpaired) electrons. The number of rotatable bonds is 5. The normalized spacial score (nSPS) is 10.3. The highest BCUT2D eigenvalue weighted by molar-refractivity contribution is 5.92. The summed E-state index contributed by atoms with van der Waals surface area (Å²) in [6.45, 7) is 3.50. The number of hydrogen-bond acceptors (Lipinski definition) is 4. The summed E-state index contributed by atoms with van der Waals surface area (Å²) in [5.41, 5.74) is 1.63. The molecule has 2 aromatic rings. The van der Waals surface area contributed by atoms with E-state index in [1.165, 1.54) is 0 Å². The molecule has 0 bridgehead atoms. The van der Waals surface area contributed by atoms with Gasteiger partial charge in [-0.25, -0.2) is 4.98 Å². The SMILES string of the molecule is COc1ccccc1NC(=O)CCc1c(C)nc(C)[nH]c1=O. The first-order chi connectivity index (χ1) is 10.5. The van der Waals surface area contributed by atoms with E-state index in [1.54, 1.807) is 33.1 Å². The molecule has 6 heteroatoms. The maximum Gasteiger partial charge on any atom is 0.254 e. The van der Waals surface area contributed by atoms with Crippen LogP contribution in [0.4, 0.5) is 5.69 Å². The molecule has 1 heterocycles. The van der Waals surface area contributed by atoms with E-state index in [2.05, 4.69) is 15.3 Å². The maximum absolute atomic E-state index is 12.0. The van der Waals surface area contributed by atoms with E-state index in [0.717, 1.165) is 0 Å². The van der Waals surface area contributed by atoms with Crippen molar-refractivity contribution in [2.45, 2.75) is 26.7 Å². The quantitative estimate of drug-likeness (QED) is 0.884. The van der Waals surface area contributed by atoms with Gasteiger partial charge in [0.2, 0.25) is 5.91 Å². The van der Waals surface area contributed by atoms with Gasteiger partial charge >= 0.3 is 0 Å². The zero-order valence-corrected chi connectivity index (χ0v) is 12.9. The Morgan fingerprint density at radius 2 is 2.05 bits per heavy atom. The molecule has 0 aliphatic heterocycles. The number of nitrogens with zero attached hydrogens (tertiary/aromatic N) is 1. The molecular weight excluding hydrogens is 282 g/mol. The lowest BCUT2D eigenvalue weighted by molar-refractivity contribution is -0.116. The molecule has 1 aromatic carbocycles. The summed E-state index contributed by atoms with van der Waals surface area (Å²) < 4.78 is 5.18. The molecule has 2 rings (SSSR count). The zero-order valence-electron chi connectivity index (χ0n) is 12.9. The van der Waals surface area contributed by atoms with Crippen LogP contribution in [0.3, 0.4) is 0 Å². The minimum absolute atomic E-state index is 0.177. The number of methoxy groups -OCH3 is 1. The van der Waals surface area contributed by atoms with E-state index in [4.69, 9.17) is 4.74 Å². The molecule has 0 aliphatic carbocycles. The van der Waals surface area contributed by atoms with Crippen molar-refractivity contribution in [3.05, 3.63) is 51.7 Å². The third-order valence-corrected chi connectivity index (χ3v) is 3.32. The lowest BCUT2D eigenvalue weighted by Gasteiger charge is -2.10. The van der Waals surface area contributed by atoms with E-state index in [9.17, 15) is 9.59 Å². The molecule has 1 amide bonds. The van der Waals surface area contributed by atoms with Crippen LogP contribution in [0.2, 0.25) is 0 Å². The first-order valence-corrected chi connectivity index (χ1v) is 7.00. The first kappa shape index (κ1) is 15.8. The molecule has 2 N–H and O–H groups in total. The number of para-hydroxylation sites is 2. The van der Waals surface area contributed by atoms with E-state index >= 15 is 0 Å². The van der Waals surface area contributed by atoms with Gasteiger partial charge in [0, 0.05) is 17.7 Å². The van der Waals surface area contributed by atoms with Gasteiger partial charge in [0.05, 0.1) is 12.8 Å². The summed E-state index contributed by atoms with van der Waals surface area (Å²) in [5, 5.41) is 2.79. The average Bonchev–Trinajstić information content (AvgIpc) is 2.46. The van der Waals surface area contributed by atoms with Gasteiger partial charge in [-0.1, -0.05) is 12.1 Å². The second-order valence-electron chi connectivity index (χ2n) is 4.96. The number of aromatic amines is 1. The lowest BCUT2D eigenvalue weighted by atomic mass is 10.1. The van der Waals surface area contributed by atoms with Crippen LogP contribution >= 0.6 is 0 Å². The van der Waals surface area contributed by atoms with Crippen molar-refractivity contribution in [1.29, 1.82) is 0 Å². The van der Waals surface area contributed by atoms with Crippen LogP contribution < -0.4 is 15.6 Å². The second kappa shape index (κ2) is 6.89. The van der Waals surface area contributed by atoms with Crippen LogP contribution in [0, 0.1) is 13.8 Å². The minimum Gasteiger partial charge on any atom is -0.495 e. The molecule has 0 spiro atoms. The molecule has 22 heavy (non-hydrogen) atoms. The fraction of sp³-hybridized carbons (Fsp3) is 0.312. The zero-order chi connectivity index (χ0) is 16.1. The number of aryl methyl sites for hydroxylation is 2. The smallest absolute Gasteiger partial charge is 0.254 e. The van der Waals surface area contributed by atoms with Crippen molar-refractivity contribution >= 4 is 11.6 Å². The van der Waals surface area contributed by atoms with E-state index < -0.39 is 0 Å². The summed E-state index contributed by atoms with van der Waals surface area (Å²) >= 11 is 0. The van der Waals surface area contributed by atoms with Gasteiger partial charge in [-0.15, -0.1) is 0 Å². The second-order valence-corrected chi connectivity index (χ2v) is 4.96. The standard InChI is InChI=1S/C16H19N3O3/c1-10-12(16(21)18-11(2)17-10)8-9-15(20)19-13-6-4-5-7-14(13)22-3/h4-7H,8-9H2,1-3H3,(H,19,20)(H,17,18,21). The van der Waals surface area contributed by atoms with Crippen LogP contribution in [0.15, 0.2) is 29.1 Å². The number of H-pyrrole nitrogens is 1. The van der Waals surface area contributed by atoms with Crippen LogP contribution in [0.1, 0.15) is 23.5 Å². The van der Waals surface area contributed by atoms with Crippen LogP contribution in [-0.4, -0.2) is 23.0 Å². The van der Waals surface area contributed by atoms with Crippen LogP contribution in [0.5, 0.6) is 5.75 Å². The fourth-order valence-electron chi connectivity index (χ4n) is 2.24. The lowest BCUT2D eigenvalue weighted by Crippen LogP contribution is -2.20. The third-order valence-electron chi connectivity index (χ3n) is 3.32. The summed E-state index contributed by atoms with van der Waals surface area (Å²) in [6.07, 6.45) is 0.544. The molecule has 116 valence electrons. The van der Waals surface area contributed by atoms with Gasteiger partial charge in [0.1, 0.15) is 11.6 Å². The molecule has 0 aliphatic rings. The van der Waals surface area contributed by atoms with Crippen LogP contribution in [-0.2, 0) is 11.2 Å². The molecular formula is C16H19N3O3. The van der Waals surface area contributed by atoms with Gasteiger partial charge in [-0.3, -0.25) is 9.59 Å². The van der Waals surface area contributed by atoms with Gasteiger partial charge in [-0.2, -0.15) is 0 Å². The Hall–Kier alpha value is -2.63. The summed E-state index contributed by atoms with van der Waals surface area (Å²) in [4.78, 5) is 30.8. The highest BCUT2D eigenvalue weighted by atomic mass is 16.5. The number of carbonyl (C=O) groups is 1. The first-order valence-electron chi connectivity index (χ1n) is 7.00. The van der Waals surface area contributed by atoms with Gasteiger partial charge in [-0.05, 0) is 32.4 Å². The summed E-state index contributed by atoms with van der Waals surface area (Å²) in [6, 6.07) is 7.18. The number of aromatic nitrogens is 2. The highest BCUT2D eigenvalue weighted by Gasteiger charge is 2.11. The molecule has 1 aromatic heterocycles. The molecule has 0 atom stereocenters. The fourth-order valence-corrected chi connectivity index (χ4v) is 2.24. The number of benzene rings is 1. The summed E-state index contributed by atoms with van der Waals surface area (Å²) in [7, 11) is 1.55. The number of amides is 1. The van der Waals surface area contributed by atoms with Crippen LogP contribution in [0.25, 0.3) is 0 Å². The van der Waals surface area contributed by atoms with Gasteiger partial charge in [0.25, 0.3) is 5.56 Å². The predicted octanol–water partition coefficient (Wildman–Crippen LogP) is 1.97. The van der Waals surface area contributed by atoms with E-state index in [-0.39, 0.29) is 17.9 Å². The molecule has 6 nitrogen and oxygen atoms in total.